The van der Waals surface area contributed by atoms with Gasteiger partial charge in [0.25, 0.3) is 5.56 Å². The van der Waals surface area contributed by atoms with Crippen molar-refractivity contribution in [2.75, 3.05) is 24.6 Å². The normalized spacial score (nSPS) is 23.7. The highest BCUT2D eigenvalue weighted by Crippen LogP contribution is 2.26. The monoisotopic (exact) mass is 272 g/mol. The lowest BCUT2D eigenvalue weighted by molar-refractivity contribution is 0.266. The number of anilines is 1. The van der Waals surface area contributed by atoms with Crippen LogP contribution in [-0.2, 0) is 6.54 Å². The van der Waals surface area contributed by atoms with Crippen LogP contribution in [-0.4, -0.2) is 40.6 Å². The standard InChI is InChI=1S/C11H17ClN4O2/c1-7-5-15(6-8(7)13)9-4-14-16(2-3-17)11(18)10(9)12/h4,7-8,17H,2-3,5-6,13H2,1H3. The zero-order chi connectivity index (χ0) is 13.3. The molecule has 3 N–H and O–H groups in total. The Labute approximate surface area is 110 Å². The predicted octanol–water partition coefficient (Wildman–Crippen LogP) is -0.328. The van der Waals surface area contributed by atoms with E-state index in [4.69, 9.17) is 22.4 Å². The van der Waals surface area contributed by atoms with Gasteiger partial charge in [0, 0.05) is 19.1 Å². The van der Waals surface area contributed by atoms with E-state index in [0.29, 0.717) is 18.2 Å². The molecule has 1 aromatic heterocycles. The minimum absolute atomic E-state index is 0.0842. The molecule has 0 spiro atoms. The molecule has 100 valence electrons. The van der Waals surface area contributed by atoms with E-state index in [1.807, 2.05) is 4.90 Å². The van der Waals surface area contributed by atoms with Crippen molar-refractivity contribution in [3.05, 3.63) is 21.6 Å². The van der Waals surface area contributed by atoms with E-state index in [2.05, 4.69) is 12.0 Å². The van der Waals surface area contributed by atoms with Gasteiger partial charge in [-0.1, -0.05) is 18.5 Å². The SMILES string of the molecule is CC1CN(c2cnn(CCO)c(=O)c2Cl)CC1N. The van der Waals surface area contributed by atoms with Gasteiger partial charge in [-0.05, 0) is 5.92 Å². The number of nitrogens with zero attached hydrogens (tertiary/aromatic N) is 3. The van der Waals surface area contributed by atoms with E-state index in [9.17, 15) is 4.79 Å². The molecule has 2 rings (SSSR count). The van der Waals surface area contributed by atoms with Crippen molar-refractivity contribution in [1.82, 2.24) is 9.78 Å². The number of halogens is 1. The van der Waals surface area contributed by atoms with Gasteiger partial charge >= 0.3 is 0 Å². The van der Waals surface area contributed by atoms with Crippen LogP contribution in [0.3, 0.4) is 0 Å². The Morgan fingerprint density at radius 2 is 2.33 bits per heavy atom. The molecule has 1 aliphatic heterocycles. The summed E-state index contributed by atoms with van der Waals surface area (Å²) in [6, 6.07) is 0.0842. The number of hydrogen-bond acceptors (Lipinski definition) is 5. The summed E-state index contributed by atoms with van der Waals surface area (Å²) in [5.41, 5.74) is 6.19. The largest absolute Gasteiger partial charge is 0.394 e. The lowest BCUT2D eigenvalue weighted by Crippen LogP contribution is -2.31. The second kappa shape index (κ2) is 5.26. The maximum Gasteiger partial charge on any atom is 0.287 e. The third-order valence-electron chi connectivity index (χ3n) is 3.29. The molecule has 6 nitrogen and oxygen atoms in total. The van der Waals surface area contributed by atoms with Crippen molar-refractivity contribution < 1.29 is 5.11 Å². The Bertz CT molecular complexity index is 480. The van der Waals surface area contributed by atoms with Crippen LogP contribution in [0.5, 0.6) is 0 Å². The van der Waals surface area contributed by atoms with Gasteiger partial charge in [0.15, 0.2) is 0 Å². The summed E-state index contributed by atoms with van der Waals surface area (Å²) in [5, 5.41) is 13.0. The first-order valence-electron chi connectivity index (χ1n) is 5.91. The van der Waals surface area contributed by atoms with Crippen LogP contribution in [0.25, 0.3) is 0 Å². The second-order valence-corrected chi connectivity index (χ2v) is 5.02. The summed E-state index contributed by atoms with van der Waals surface area (Å²) in [7, 11) is 0. The fraction of sp³-hybridized carbons (Fsp3) is 0.636. The summed E-state index contributed by atoms with van der Waals surface area (Å²) in [6.07, 6.45) is 1.56. The molecule has 0 radical (unpaired) electrons. The zero-order valence-electron chi connectivity index (χ0n) is 10.2. The summed E-state index contributed by atoms with van der Waals surface area (Å²) in [4.78, 5) is 13.9. The molecule has 18 heavy (non-hydrogen) atoms. The quantitative estimate of drug-likeness (QED) is 0.787. The van der Waals surface area contributed by atoms with Crippen LogP contribution in [0, 0.1) is 5.92 Å². The van der Waals surface area contributed by atoms with Crippen LogP contribution in [0.4, 0.5) is 5.69 Å². The van der Waals surface area contributed by atoms with Gasteiger partial charge in [-0.25, -0.2) is 4.68 Å². The van der Waals surface area contributed by atoms with E-state index < -0.39 is 0 Å². The van der Waals surface area contributed by atoms with Crippen molar-refractivity contribution in [3.63, 3.8) is 0 Å². The van der Waals surface area contributed by atoms with E-state index >= 15 is 0 Å². The first kappa shape index (κ1) is 13.3. The van der Waals surface area contributed by atoms with E-state index in [1.54, 1.807) is 6.20 Å². The van der Waals surface area contributed by atoms with Gasteiger partial charge in [0.2, 0.25) is 0 Å². The summed E-state index contributed by atoms with van der Waals surface area (Å²) < 4.78 is 1.16. The van der Waals surface area contributed by atoms with Crippen molar-refractivity contribution in [1.29, 1.82) is 0 Å². The second-order valence-electron chi connectivity index (χ2n) is 4.64. The first-order valence-corrected chi connectivity index (χ1v) is 6.29. The van der Waals surface area contributed by atoms with Gasteiger partial charge in [0.05, 0.1) is 25.0 Å². The molecule has 2 atom stereocenters. The third kappa shape index (κ3) is 2.36. The Morgan fingerprint density at radius 1 is 1.61 bits per heavy atom. The van der Waals surface area contributed by atoms with Gasteiger partial charge < -0.3 is 15.7 Å². The molecule has 0 aliphatic carbocycles. The van der Waals surface area contributed by atoms with Crippen LogP contribution in [0.15, 0.2) is 11.0 Å². The predicted molar refractivity (Wildman–Crippen MR) is 69.9 cm³/mol. The molecule has 7 heteroatoms. The number of rotatable bonds is 3. The van der Waals surface area contributed by atoms with E-state index in [-0.39, 0.29) is 29.8 Å². The Morgan fingerprint density at radius 3 is 2.89 bits per heavy atom. The minimum Gasteiger partial charge on any atom is -0.394 e. The molecule has 1 saturated heterocycles. The lowest BCUT2D eigenvalue weighted by atomic mass is 10.1. The topological polar surface area (TPSA) is 84.4 Å². The molecule has 0 bridgehead atoms. The maximum atomic E-state index is 11.9. The van der Waals surface area contributed by atoms with Gasteiger partial charge in [0.1, 0.15) is 5.02 Å². The Kier molecular flexibility index (Phi) is 3.89. The first-order chi connectivity index (χ1) is 8.54. The van der Waals surface area contributed by atoms with Crippen molar-refractivity contribution in [3.8, 4) is 0 Å². The van der Waals surface area contributed by atoms with Crippen LogP contribution >= 0.6 is 11.6 Å². The number of aromatic nitrogens is 2. The van der Waals surface area contributed by atoms with Gasteiger partial charge in [-0.3, -0.25) is 4.79 Å². The number of hydrogen-bond donors (Lipinski definition) is 2. The molecular weight excluding hydrogens is 256 g/mol. The van der Waals surface area contributed by atoms with E-state index in [0.717, 1.165) is 11.2 Å². The summed E-state index contributed by atoms with van der Waals surface area (Å²) in [6.45, 7) is 3.51. The highest BCUT2D eigenvalue weighted by atomic mass is 35.5. The van der Waals surface area contributed by atoms with Gasteiger partial charge in [-0.15, -0.1) is 0 Å². The minimum atomic E-state index is -0.378. The van der Waals surface area contributed by atoms with Crippen molar-refractivity contribution in [2.45, 2.75) is 19.5 Å². The van der Waals surface area contributed by atoms with E-state index in [1.165, 1.54) is 0 Å². The molecule has 2 heterocycles. The highest BCUT2D eigenvalue weighted by Gasteiger charge is 2.28. The highest BCUT2D eigenvalue weighted by molar-refractivity contribution is 6.33. The molecule has 1 aliphatic rings. The van der Waals surface area contributed by atoms with Crippen molar-refractivity contribution >= 4 is 17.3 Å². The van der Waals surface area contributed by atoms with Crippen LogP contribution < -0.4 is 16.2 Å². The van der Waals surface area contributed by atoms with Gasteiger partial charge in [-0.2, -0.15) is 5.10 Å². The number of aliphatic hydroxyl groups excluding tert-OH is 1. The maximum absolute atomic E-state index is 11.9. The fourth-order valence-electron chi connectivity index (χ4n) is 2.12. The Hall–Kier alpha value is -1.11. The number of aliphatic hydroxyl groups is 1. The lowest BCUT2D eigenvalue weighted by Gasteiger charge is -2.19. The molecule has 0 saturated carbocycles. The number of nitrogens with two attached hydrogens (primary N) is 1. The molecular formula is C11H17ClN4O2. The molecule has 0 amide bonds. The Balaban J connectivity index is 2.30. The van der Waals surface area contributed by atoms with Crippen molar-refractivity contribution in [2.24, 2.45) is 11.7 Å². The zero-order valence-corrected chi connectivity index (χ0v) is 11.0. The average Bonchev–Trinajstić information content (AvgIpc) is 2.66. The van der Waals surface area contributed by atoms with Crippen LogP contribution in [0.2, 0.25) is 5.02 Å². The smallest absolute Gasteiger partial charge is 0.287 e. The third-order valence-corrected chi connectivity index (χ3v) is 3.64. The average molecular weight is 273 g/mol. The summed E-state index contributed by atoms with van der Waals surface area (Å²) in [5.74, 6) is 0.362. The molecule has 1 aromatic rings. The fourth-order valence-corrected chi connectivity index (χ4v) is 2.39. The molecule has 0 aromatic carbocycles. The molecule has 2 unspecified atom stereocenters. The summed E-state index contributed by atoms with van der Waals surface area (Å²) >= 11 is 6.07. The van der Waals surface area contributed by atoms with Crippen LogP contribution in [0.1, 0.15) is 6.92 Å². The molecule has 1 fully saturated rings.